The molecule has 0 aliphatic rings. The second-order valence-electron chi connectivity index (χ2n) is 3.57. The highest BCUT2D eigenvalue weighted by Gasteiger charge is 2.16. The van der Waals surface area contributed by atoms with Crippen LogP contribution in [0.4, 0.5) is 0 Å². The summed E-state index contributed by atoms with van der Waals surface area (Å²) in [5.41, 5.74) is 0.839. The Kier molecular flexibility index (Phi) is 5.34. The highest BCUT2D eigenvalue weighted by Crippen LogP contribution is 2.42. The minimum atomic E-state index is -3.08. The molecule has 94 valence electrons. The lowest BCUT2D eigenvalue weighted by atomic mass is 10.1. The van der Waals surface area contributed by atoms with Crippen molar-refractivity contribution in [1.29, 1.82) is 0 Å². The third-order valence-electron chi connectivity index (χ3n) is 2.11. The third kappa shape index (κ3) is 5.46. The second kappa shape index (κ2) is 6.31. The minimum Gasteiger partial charge on any atom is -0.312 e. The van der Waals surface area contributed by atoms with Gasteiger partial charge in [0.05, 0.1) is 0 Å². The van der Waals surface area contributed by atoms with Gasteiger partial charge in [0.15, 0.2) is 5.78 Å². The van der Waals surface area contributed by atoms with Crippen molar-refractivity contribution in [3.05, 3.63) is 34.9 Å². The van der Waals surface area contributed by atoms with Gasteiger partial charge in [0.25, 0.3) is 0 Å². The molecule has 4 nitrogen and oxygen atoms in total. The molecule has 0 N–H and O–H groups in total. The molecule has 0 saturated heterocycles. The fraction of sp³-hybridized carbons (Fsp3) is 0.364. The molecule has 0 fully saturated rings. The summed E-state index contributed by atoms with van der Waals surface area (Å²) < 4.78 is 20.9. The zero-order valence-electron chi connectivity index (χ0n) is 9.68. The topological polar surface area (TPSA) is 52.6 Å². The molecule has 1 atom stereocenters. The highest BCUT2D eigenvalue weighted by atomic mass is 35.5. The molecule has 0 saturated carbocycles. The number of halogens is 1. The zero-order valence-corrected chi connectivity index (χ0v) is 11.3. The van der Waals surface area contributed by atoms with E-state index in [1.807, 2.05) is 0 Å². The van der Waals surface area contributed by atoms with Crippen LogP contribution in [-0.2, 0) is 24.8 Å². The minimum absolute atomic E-state index is 0.161. The van der Waals surface area contributed by atoms with Crippen LogP contribution in [0.1, 0.15) is 5.56 Å². The number of ketones is 1. The molecular weight excluding hydrogens is 263 g/mol. The molecule has 0 aromatic heterocycles. The zero-order chi connectivity index (χ0) is 12.9. The molecule has 17 heavy (non-hydrogen) atoms. The Morgan fingerprint density at radius 3 is 2.47 bits per heavy atom. The van der Waals surface area contributed by atoms with Crippen molar-refractivity contribution < 1.29 is 18.4 Å². The van der Waals surface area contributed by atoms with Crippen LogP contribution in [0, 0.1) is 0 Å². The molecule has 1 rings (SSSR count). The first-order valence-corrected chi connectivity index (χ1v) is 7.33. The predicted octanol–water partition coefficient (Wildman–Crippen LogP) is 2.94. The van der Waals surface area contributed by atoms with Crippen LogP contribution in [0.5, 0.6) is 0 Å². The number of rotatable bonds is 6. The maximum Gasteiger partial charge on any atom is 0.327 e. The number of Topliss-reactive ketones (excluding diaryl/α,β-unsaturated/α-hetero) is 1. The molecule has 0 bridgehead atoms. The van der Waals surface area contributed by atoms with Gasteiger partial charge >= 0.3 is 7.60 Å². The Bertz CT molecular complexity index is 430. The van der Waals surface area contributed by atoms with E-state index >= 15 is 0 Å². The van der Waals surface area contributed by atoms with Crippen molar-refractivity contribution in [3.8, 4) is 0 Å². The normalized spacial score (nSPS) is 14.3. The van der Waals surface area contributed by atoms with Crippen LogP contribution in [0.2, 0.25) is 5.02 Å². The molecule has 1 unspecified atom stereocenters. The van der Waals surface area contributed by atoms with Crippen molar-refractivity contribution in [2.24, 2.45) is 0 Å². The van der Waals surface area contributed by atoms with Gasteiger partial charge in [-0.15, -0.1) is 0 Å². The van der Waals surface area contributed by atoms with Gasteiger partial charge in [-0.3, -0.25) is 9.36 Å². The van der Waals surface area contributed by atoms with Crippen molar-refractivity contribution in [2.75, 3.05) is 20.4 Å². The number of carbonyl (C=O) groups excluding carboxylic acids is 1. The summed E-state index contributed by atoms with van der Waals surface area (Å²) in [6.07, 6.45) is 0.223. The maximum absolute atomic E-state index is 11.5. The smallest absolute Gasteiger partial charge is 0.312 e. The molecule has 1 aromatic carbocycles. The number of benzene rings is 1. The highest BCUT2D eigenvalue weighted by molar-refractivity contribution is 7.52. The lowest BCUT2D eigenvalue weighted by molar-refractivity contribution is -0.120. The molecule has 0 aliphatic carbocycles. The van der Waals surface area contributed by atoms with Crippen molar-refractivity contribution in [2.45, 2.75) is 6.42 Å². The molecule has 0 aliphatic heterocycles. The quantitative estimate of drug-likeness (QED) is 0.750. The van der Waals surface area contributed by atoms with Crippen LogP contribution in [0.25, 0.3) is 0 Å². The van der Waals surface area contributed by atoms with Crippen LogP contribution < -0.4 is 0 Å². The van der Waals surface area contributed by atoms with E-state index in [1.54, 1.807) is 24.3 Å². The maximum atomic E-state index is 11.5. The average Bonchev–Trinajstić information content (AvgIpc) is 2.30. The summed E-state index contributed by atoms with van der Waals surface area (Å²) in [4.78, 5) is 11.5. The van der Waals surface area contributed by atoms with Crippen LogP contribution in [-0.4, -0.2) is 26.2 Å². The summed E-state index contributed by atoms with van der Waals surface area (Å²) in [6.45, 7) is 1.10. The first-order chi connectivity index (χ1) is 7.93. The molecule has 1 aromatic rings. The van der Waals surface area contributed by atoms with Crippen molar-refractivity contribution in [3.63, 3.8) is 0 Å². The van der Waals surface area contributed by atoms with Gasteiger partial charge < -0.3 is 9.05 Å². The summed E-state index contributed by atoms with van der Waals surface area (Å²) in [5, 5.41) is 0.620. The monoisotopic (exact) mass is 276 g/mol. The van der Waals surface area contributed by atoms with E-state index < -0.39 is 7.60 Å². The number of hydrogen-bond donors (Lipinski definition) is 0. The Hall–Kier alpha value is -0.670. The van der Waals surface area contributed by atoms with Crippen LogP contribution in [0.15, 0.2) is 24.3 Å². The van der Waals surface area contributed by atoms with Gasteiger partial charge in [-0.25, -0.2) is 0 Å². The van der Waals surface area contributed by atoms with Gasteiger partial charge in [0, 0.05) is 25.2 Å². The Morgan fingerprint density at radius 2 is 1.94 bits per heavy atom. The van der Waals surface area contributed by atoms with E-state index in [4.69, 9.17) is 16.1 Å². The molecule has 6 heteroatoms. The lowest BCUT2D eigenvalue weighted by Crippen LogP contribution is -2.10. The fourth-order valence-corrected chi connectivity index (χ4v) is 1.73. The average molecular weight is 277 g/mol. The Morgan fingerprint density at radius 1 is 1.35 bits per heavy atom. The van der Waals surface area contributed by atoms with Crippen LogP contribution >= 0.6 is 19.2 Å². The molecular formula is C11H14ClO4P. The van der Waals surface area contributed by atoms with E-state index in [9.17, 15) is 9.36 Å². The molecule has 0 amide bonds. The summed E-state index contributed by atoms with van der Waals surface area (Å²) in [5.74, 6) is -0.161. The standard InChI is InChI=1S/C11H14ClO4P/c1-15-17(2,14)16-8-11(13)7-9-3-5-10(12)6-4-9/h3-6H,7-8H2,1-2H3. The van der Waals surface area contributed by atoms with Gasteiger partial charge in [-0.05, 0) is 17.7 Å². The van der Waals surface area contributed by atoms with Gasteiger partial charge in [0.1, 0.15) is 6.61 Å². The van der Waals surface area contributed by atoms with Gasteiger partial charge in [-0.1, -0.05) is 23.7 Å². The first kappa shape index (κ1) is 14.4. The van der Waals surface area contributed by atoms with Crippen molar-refractivity contribution >= 4 is 25.0 Å². The number of carbonyl (C=O) groups is 1. The van der Waals surface area contributed by atoms with E-state index in [2.05, 4.69) is 4.52 Å². The largest absolute Gasteiger partial charge is 0.327 e. The third-order valence-corrected chi connectivity index (χ3v) is 3.62. The van der Waals surface area contributed by atoms with Crippen molar-refractivity contribution in [1.82, 2.24) is 0 Å². The molecule has 0 spiro atoms. The van der Waals surface area contributed by atoms with E-state index in [0.717, 1.165) is 5.56 Å². The first-order valence-electron chi connectivity index (χ1n) is 4.97. The summed E-state index contributed by atoms with van der Waals surface area (Å²) in [7, 11) is -1.80. The second-order valence-corrected chi connectivity index (χ2v) is 6.17. The molecule has 0 radical (unpaired) electrons. The number of hydrogen-bond acceptors (Lipinski definition) is 4. The van der Waals surface area contributed by atoms with E-state index in [1.165, 1.54) is 13.8 Å². The van der Waals surface area contributed by atoms with Gasteiger partial charge in [-0.2, -0.15) is 0 Å². The SMILES string of the molecule is COP(C)(=O)OCC(=O)Cc1ccc(Cl)cc1. The van der Waals surface area contributed by atoms with E-state index in [-0.39, 0.29) is 18.8 Å². The summed E-state index contributed by atoms with van der Waals surface area (Å²) in [6, 6.07) is 6.96. The van der Waals surface area contributed by atoms with Crippen LogP contribution in [0.3, 0.4) is 0 Å². The van der Waals surface area contributed by atoms with E-state index in [0.29, 0.717) is 5.02 Å². The predicted molar refractivity (Wildman–Crippen MR) is 66.7 cm³/mol. The Labute approximate surface area is 105 Å². The lowest BCUT2D eigenvalue weighted by Gasteiger charge is -2.10. The molecule has 0 heterocycles. The Balaban J connectivity index is 2.45. The summed E-state index contributed by atoms with van der Waals surface area (Å²) >= 11 is 5.72. The van der Waals surface area contributed by atoms with Gasteiger partial charge in [0.2, 0.25) is 0 Å². The fourth-order valence-electron chi connectivity index (χ4n) is 1.12.